The molecule has 27 heavy (non-hydrogen) atoms. The van der Waals surface area contributed by atoms with E-state index in [1.807, 2.05) is 36.4 Å². The molecule has 1 aromatic carbocycles. The molecule has 0 unspecified atom stereocenters. The third kappa shape index (κ3) is 3.50. The molecule has 1 aliphatic rings. The van der Waals surface area contributed by atoms with Crippen LogP contribution in [0.5, 0.6) is 5.75 Å². The van der Waals surface area contributed by atoms with Crippen LogP contribution in [0.1, 0.15) is 31.1 Å². The van der Waals surface area contributed by atoms with Crippen molar-refractivity contribution in [2.24, 2.45) is 0 Å². The second-order valence-corrected chi connectivity index (χ2v) is 7.47. The second kappa shape index (κ2) is 7.43. The molecule has 3 aromatic rings. The van der Waals surface area contributed by atoms with Gasteiger partial charge in [0.05, 0.1) is 29.0 Å². The number of fused-ring (bicyclic) bond motifs is 1. The van der Waals surface area contributed by atoms with Gasteiger partial charge in [-0.25, -0.2) is 0 Å². The van der Waals surface area contributed by atoms with E-state index in [0.717, 1.165) is 24.2 Å². The molecule has 1 aliphatic heterocycles. The summed E-state index contributed by atoms with van der Waals surface area (Å²) in [6.45, 7) is 5.60. The van der Waals surface area contributed by atoms with Crippen molar-refractivity contribution < 1.29 is 9.84 Å². The molecular formula is C21H22ClN3O2. The van der Waals surface area contributed by atoms with Gasteiger partial charge in [-0.3, -0.25) is 14.9 Å². The van der Waals surface area contributed by atoms with Crippen LogP contribution in [0.2, 0.25) is 5.02 Å². The molecule has 140 valence electrons. The lowest BCUT2D eigenvalue weighted by Crippen LogP contribution is -2.47. The van der Waals surface area contributed by atoms with E-state index in [0.29, 0.717) is 16.1 Å². The first kappa shape index (κ1) is 18.2. The molecule has 0 saturated carbocycles. The summed E-state index contributed by atoms with van der Waals surface area (Å²) in [6.07, 6.45) is 3.62. The molecule has 5 nitrogen and oxygen atoms in total. The van der Waals surface area contributed by atoms with Gasteiger partial charge in [0, 0.05) is 36.4 Å². The molecule has 1 N–H and O–H groups in total. The smallest absolute Gasteiger partial charge is 0.147 e. The highest BCUT2D eigenvalue weighted by molar-refractivity contribution is 6.35. The Morgan fingerprint density at radius 2 is 1.85 bits per heavy atom. The average Bonchev–Trinajstić information content (AvgIpc) is 2.66. The fourth-order valence-electron chi connectivity index (χ4n) is 3.92. The van der Waals surface area contributed by atoms with Crippen LogP contribution in [0.3, 0.4) is 0 Å². The number of phenolic OH excluding ortho intramolecular Hbond substituents is 1. The number of aromatic hydroxyl groups is 1. The Morgan fingerprint density at radius 1 is 1.11 bits per heavy atom. The Balaban J connectivity index is 1.89. The SMILES string of the molecule is C[C@@H]1CN([C@@H](c2ccccn2)c2cc(Cl)c3cccnc3c2O)C[C@@H](C)O1. The lowest BCUT2D eigenvalue weighted by atomic mass is 9.96. The Morgan fingerprint density at radius 3 is 2.56 bits per heavy atom. The average molecular weight is 384 g/mol. The van der Waals surface area contributed by atoms with Gasteiger partial charge in [-0.15, -0.1) is 0 Å². The van der Waals surface area contributed by atoms with Crippen LogP contribution in [-0.4, -0.2) is 45.3 Å². The molecule has 0 radical (unpaired) electrons. The van der Waals surface area contributed by atoms with Crippen molar-refractivity contribution in [3.63, 3.8) is 0 Å². The first-order chi connectivity index (χ1) is 13.0. The van der Waals surface area contributed by atoms with Gasteiger partial charge in [-0.05, 0) is 44.2 Å². The monoisotopic (exact) mass is 383 g/mol. The van der Waals surface area contributed by atoms with Gasteiger partial charge in [0.2, 0.25) is 0 Å². The van der Waals surface area contributed by atoms with E-state index in [9.17, 15) is 5.11 Å². The number of aromatic nitrogens is 2. The summed E-state index contributed by atoms with van der Waals surface area (Å²) in [5, 5.41) is 12.4. The first-order valence-corrected chi connectivity index (χ1v) is 9.49. The quantitative estimate of drug-likeness (QED) is 0.735. The normalized spacial score (nSPS) is 22.0. The number of benzene rings is 1. The van der Waals surface area contributed by atoms with Gasteiger partial charge in [-0.2, -0.15) is 0 Å². The molecule has 0 bridgehead atoms. The molecule has 1 fully saturated rings. The second-order valence-electron chi connectivity index (χ2n) is 7.06. The molecule has 2 aromatic heterocycles. The maximum atomic E-state index is 11.1. The van der Waals surface area contributed by atoms with Gasteiger partial charge < -0.3 is 9.84 Å². The van der Waals surface area contributed by atoms with Gasteiger partial charge in [-0.1, -0.05) is 17.7 Å². The highest BCUT2D eigenvalue weighted by atomic mass is 35.5. The molecule has 0 amide bonds. The van der Waals surface area contributed by atoms with E-state index < -0.39 is 0 Å². The maximum absolute atomic E-state index is 11.1. The number of nitrogens with zero attached hydrogens (tertiary/aromatic N) is 3. The summed E-state index contributed by atoms with van der Waals surface area (Å²) in [6, 6.07) is 11.1. The Kier molecular flexibility index (Phi) is 5.00. The highest BCUT2D eigenvalue weighted by Gasteiger charge is 2.33. The van der Waals surface area contributed by atoms with E-state index in [2.05, 4.69) is 28.7 Å². The van der Waals surface area contributed by atoms with Crippen LogP contribution in [0.25, 0.3) is 10.9 Å². The maximum Gasteiger partial charge on any atom is 0.147 e. The summed E-state index contributed by atoms with van der Waals surface area (Å²) in [7, 11) is 0. The summed E-state index contributed by atoms with van der Waals surface area (Å²) in [5.41, 5.74) is 2.09. The van der Waals surface area contributed by atoms with Crippen LogP contribution in [0.4, 0.5) is 0 Å². The van der Waals surface area contributed by atoms with Crippen molar-refractivity contribution in [3.05, 3.63) is 65.1 Å². The number of phenols is 1. The van der Waals surface area contributed by atoms with Gasteiger partial charge in [0.25, 0.3) is 0 Å². The standard InChI is InChI=1S/C21H22ClN3O2/c1-13-11-25(12-14(2)27-13)20(18-7-3-4-8-23-18)16-10-17(22)15-6-5-9-24-19(15)21(16)26/h3-10,13-14,20,26H,11-12H2,1-2H3/t13-,14-,20-/m1/s1. The summed E-state index contributed by atoms with van der Waals surface area (Å²) in [4.78, 5) is 11.2. The lowest BCUT2D eigenvalue weighted by molar-refractivity contribution is -0.0770. The molecular weight excluding hydrogens is 362 g/mol. The molecule has 0 spiro atoms. The van der Waals surface area contributed by atoms with Crippen molar-refractivity contribution in [2.75, 3.05) is 13.1 Å². The van der Waals surface area contributed by atoms with E-state index in [1.165, 1.54) is 0 Å². The zero-order chi connectivity index (χ0) is 19.0. The molecule has 1 saturated heterocycles. The zero-order valence-corrected chi connectivity index (χ0v) is 16.1. The lowest BCUT2D eigenvalue weighted by Gasteiger charge is -2.40. The van der Waals surface area contributed by atoms with Crippen LogP contribution in [-0.2, 0) is 4.74 Å². The topological polar surface area (TPSA) is 58.5 Å². The van der Waals surface area contributed by atoms with Gasteiger partial charge in [0.15, 0.2) is 0 Å². The van der Waals surface area contributed by atoms with E-state index in [4.69, 9.17) is 16.3 Å². The number of hydrogen-bond donors (Lipinski definition) is 1. The summed E-state index contributed by atoms with van der Waals surface area (Å²) >= 11 is 6.55. The van der Waals surface area contributed by atoms with Crippen molar-refractivity contribution in [2.45, 2.75) is 32.1 Å². The van der Waals surface area contributed by atoms with Gasteiger partial charge in [0.1, 0.15) is 11.3 Å². The highest BCUT2D eigenvalue weighted by Crippen LogP contribution is 2.41. The Bertz CT molecular complexity index is 941. The minimum absolute atomic E-state index is 0.0937. The number of halogens is 1. The minimum Gasteiger partial charge on any atom is -0.505 e. The van der Waals surface area contributed by atoms with E-state index in [-0.39, 0.29) is 24.0 Å². The fraction of sp³-hybridized carbons (Fsp3) is 0.333. The molecule has 4 rings (SSSR count). The van der Waals surface area contributed by atoms with Crippen molar-refractivity contribution in [3.8, 4) is 5.75 Å². The first-order valence-electron chi connectivity index (χ1n) is 9.11. The third-order valence-electron chi connectivity index (χ3n) is 4.92. The van der Waals surface area contributed by atoms with Crippen molar-refractivity contribution in [1.29, 1.82) is 0 Å². The van der Waals surface area contributed by atoms with E-state index >= 15 is 0 Å². The van der Waals surface area contributed by atoms with Crippen LogP contribution >= 0.6 is 11.6 Å². The third-order valence-corrected chi connectivity index (χ3v) is 5.23. The number of hydrogen-bond acceptors (Lipinski definition) is 5. The van der Waals surface area contributed by atoms with Gasteiger partial charge >= 0.3 is 0 Å². The number of rotatable bonds is 3. The molecule has 3 atom stereocenters. The number of ether oxygens (including phenoxy) is 1. The van der Waals surface area contributed by atoms with E-state index in [1.54, 1.807) is 12.4 Å². The Hall–Kier alpha value is -2.21. The number of pyridine rings is 2. The fourth-order valence-corrected chi connectivity index (χ4v) is 4.19. The predicted molar refractivity (Wildman–Crippen MR) is 106 cm³/mol. The van der Waals surface area contributed by atoms with Crippen LogP contribution in [0, 0.1) is 0 Å². The molecule has 6 heteroatoms. The van der Waals surface area contributed by atoms with Crippen LogP contribution < -0.4 is 0 Å². The predicted octanol–water partition coefficient (Wildman–Crippen LogP) is 4.19. The van der Waals surface area contributed by atoms with Crippen LogP contribution in [0.15, 0.2) is 48.8 Å². The minimum atomic E-state index is -0.232. The zero-order valence-electron chi connectivity index (χ0n) is 15.3. The number of morpholine rings is 1. The molecule has 0 aliphatic carbocycles. The Labute approximate surface area is 163 Å². The van der Waals surface area contributed by atoms with Crippen molar-refractivity contribution in [1.82, 2.24) is 14.9 Å². The summed E-state index contributed by atoms with van der Waals surface area (Å²) < 4.78 is 5.90. The van der Waals surface area contributed by atoms with Crippen molar-refractivity contribution >= 4 is 22.5 Å². The largest absolute Gasteiger partial charge is 0.505 e. The summed E-state index contributed by atoms with van der Waals surface area (Å²) in [5.74, 6) is 0.150. The molecule has 3 heterocycles.